The molecule has 5 heteroatoms. The van der Waals surface area contributed by atoms with Gasteiger partial charge >= 0.3 is 0 Å². The van der Waals surface area contributed by atoms with E-state index < -0.39 is 0 Å². The number of hydrogen-bond acceptors (Lipinski definition) is 5. The molecule has 128 valence electrons. The van der Waals surface area contributed by atoms with Gasteiger partial charge in [0.25, 0.3) is 5.88 Å². The molecule has 5 nitrogen and oxygen atoms in total. The minimum Gasteiger partial charge on any atom is -0.486 e. The van der Waals surface area contributed by atoms with Gasteiger partial charge in [0.1, 0.15) is 11.9 Å². The van der Waals surface area contributed by atoms with Crippen molar-refractivity contribution in [2.75, 3.05) is 13.9 Å². The molecule has 1 aliphatic carbocycles. The molecule has 4 rings (SSSR count). The van der Waals surface area contributed by atoms with Crippen LogP contribution in [0.2, 0.25) is 0 Å². The van der Waals surface area contributed by atoms with Crippen molar-refractivity contribution >= 4 is 0 Å². The average Bonchev–Trinajstić information content (AvgIpc) is 3.28. The van der Waals surface area contributed by atoms with Crippen LogP contribution in [0, 0.1) is 0 Å². The monoisotopic (exact) mass is 337 g/mol. The molecule has 2 aromatic carbocycles. The highest BCUT2D eigenvalue weighted by Gasteiger charge is 2.23. The molecular formula is C20H19NO4. The Morgan fingerprint density at radius 3 is 2.80 bits per heavy atom. The Hall–Kier alpha value is -2.79. The lowest BCUT2D eigenvalue weighted by Gasteiger charge is -2.15. The predicted octanol–water partition coefficient (Wildman–Crippen LogP) is 4.39. The predicted molar refractivity (Wildman–Crippen MR) is 92.6 cm³/mol. The fourth-order valence-corrected chi connectivity index (χ4v) is 3.08. The summed E-state index contributed by atoms with van der Waals surface area (Å²) in [6.07, 6.45) is 2.21. The third-order valence-corrected chi connectivity index (χ3v) is 4.31. The standard InChI is InChI=1S/C20H19NO4/c1-22-13-23-20-12-19(25-21-20)15-6-9-16(10-7-15)24-18-11-8-14-4-2-3-5-17(14)18/h2-7,9-10,12,18H,8,11,13H2,1H3. The Bertz CT molecular complexity index is 841. The second kappa shape index (κ2) is 6.99. The lowest BCUT2D eigenvalue weighted by molar-refractivity contribution is 0.0453. The van der Waals surface area contributed by atoms with Crippen LogP contribution in [-0.2, 0) is 11.2 Å². The van der Waals surface area contributed by atoms with E-state index >= 15 is 0 Å². The summed E-state index contributed by atoms with van der Waals surface area (Å²) >= 11 is 0. The van der Waals surface area contributed by atoms with Gasteiger partial charge in [0, 0.05) is 18.7 Å². The minimum absolute atomic E-state index is 0.126. The third kappa shape index (κ3) is 3.37. The SMILES string of the molecule is COCOc1cc(-c2ccc(OC3CCc4ccccc43)cc2)on1. The molecule has 0 saturated carbocycles. The van der Waals surface area contributed by atoms with E-state index in [2.05, 4.69) is 29.4 Å². The Labute approximate surface area is 146 Å². The quantitative estimate of drug-likeness (QED) is 0.624. The lowest BCUT2D eigenvalue weighted by atomic mass is 10.1. The maximum absolute atomic E-state index is 6.16. The molecule has 0 radical (unpaired) electrons. The van der Waals surface area contributed by atoms with Crippen LogP contribution in [0.4, 0.5) is 0 Å². The smallest absolute Gasteiger partial charge is 0.256 e. The second-order valence-corrected chi connectivity index (χ2v) is 5.95. The number of benzene rings is 2. The molecule has 0 fully saturated rings. The van der Waals surface area contributed by atoms with Crippen molar-refractivity contribution in [3.63, 3.8) is 0 Å². The average molecular weight is 337 g/mol. The fraction of sp³-hybridized carbons (Fsp3) is 0.250. The van der Waals surface area contributed by atoms with E-state index in [1.165, 1.54) is 11.1 Å². The molecule has 1 unspecified atom stereocenters. The minimum atomic E-state index is 0.126. The summed E-state index contributed by atoms with van der Waals surface area (Å²) in [5.74, 6) is 1.89. The van der Waals surface area contributed by atoms with E-state index in [0.29, 0.717) is 11.6 Å². The number of aromatic nitrogens is 1. The van der Waals surface area contributed by atoms with E-state index in [1.54, 1.807) is 13.2 Å². The molecule has 1 aromatic heterocycles. The van der Waals surface area contributed by atoms with Gasteiger partial charge in [-0.3, -0.25) is 0 Å². The number of hydrogen-bond donors (Lipinski definition) is 0. The first-order valence-electron chi connectivity index (χ1n) is 8.27. The Morgan fingerprint density at radius 2 is 1.96 bits per heavy atom. The van der Waals surface area contributed by atoms with Gasteiger partial charge < -0.3 is 18.7 Å². The van der Waals surface area contributed by atoms with Crippen LogP contribution in [0.15, 0.2) is 59.1 Å². The van der Waals surface area contributed by atoms with Gasteiger partial charge in [-0.1, -0.05) is 24.3 Å². The van der Waals surface area contributed by atoms with Gasteiger partial charge in [-0.05, 0) is 53.4 Å². The third-order valence-electron chi connectivity index (χ3n) is 4.31. The number of nitrogens with zero attached hydrogens (tertiary/aromatic N) is 1. The van der Waals surface area contributed by atoms with Crippen molar-refractivity contribution in [3.05, 3.63) is 65.7 Å². The zero-order chi connectivity index (χ0) is 17.1. The van der Waals surface area contributed by atoms with E-state index in [4.69, 9.17) is 18.7 Å². The van der Waals surface area contributed by atoms with Gasteiger partial charge in [-0.25, -0.2) is 0 Å². The molecule has 1 heterocycles. The number of ether oxygens (including phenoxy) is 3. The lowest BCUT2D eigenvalue weighted by Crippen LogP contribution is -2.03. The summed E-state index contributed by atoms with van der Waals surface area (Å²) in [6, 6.07) is 18.0. The van der Waals surface area contributed by atoms with Crippen LogP contribution in [0.3, 0.4) is 0 Å². The van der Waals surface area contributed by atoms with Crippen molar-refractivity contribution in [2.45, 2.75) is 18.9 Å². The molecule has 0 saturated heterocycles. The maximum atomic E-state index is 6.16. The van der Waals surface area contributed by atoms with Crippen LogP contribution >= 0.6 is 0 Å². The van der Waals surface area contributed by atoms with Gasteiger partial charge in [-0.15, -0.1) is 0 Å². The fourth-order valence-electron chi connectivity index (χ4n) is 3.08. The molecule has 25 heavy (non-hydrogen) atoms. The maximum Gasteiger partial charge on any atom is 0.256 e. The zero-order valence-corrected chi connectivity index (χ0v) is 14.0. The summed E-state index contributed by atoms with van der Waals surface area (Å²) in [7, 11) is 1.56. The highest BCUT2D eigenvalue weighted by molar-refractivity contribution is 5.59. The second-order valence-electron chi connectivity index (χ2n) is 5.95. The number of methoxy groups -OCH3 is 1. The Morgan fingerprint density at radius 1 is 1.12 bits per heavy atom. The van der Waals surface area contributed by atoms with Crippen LogP contribution in [-0.4, -0.2) is 19.1 Å². The van der Waals surface area contributed by atoms with Crippen molar-refractivity contribution < 1.29 is 18.7 Å². The van der Waals surface area contributed by atoms with Crippen LogP contribution in [0.25, 0.3) is 11.3 Å². The van der Waals surface area contributed by atoms with Crippen LogP contribution in [0.1, 0.15) is 23.7 Å². The van der Waals surface area contributed by atoms with E-state index in [0.717, 1.165) is 24.2 Å². The number of fused-ring (bicyclic) bond motifs is 1. The molecule has 0 spiro atoms. The molecular weight excluding hydrogens is 318 g/mol. The van der Waals surface area contributed by atoms with Gasteiger partial charge in [0.2, 0.25) is 0 Å². The summed E-state index contributed by atoms with van der Waals surface area (Å²) in [5, 5.41) is 3.85. The van der Waals surface area contributed by atoms with Gasteiger partial charge in [0.05, 0.1) is 0 Å². The molecule has 0 amide bonds. The van der Waals surface area contributed by atoms with Crippen molar-refractivity contribution in [1.82, 2.24) is 5.16 Å². The Balaban J connectivity index is 1.45. The zero-order valence-electron chi connectivity index (χ0n) is 14.0. The van der Waals surface area contributed by atoms with Crippen molar-refractivity contribution in [2.24, 2.45) is 0 Å². The van der Waals surface area contributed by atoms with Gasteiger partial charge in [-0.2, -0.15) is 0 Å². The molecule has 0 bridgehead atoms. The highest BCUT2D eigenvalue weighted by Crippen LogP contribution is 2.35. The molecule has 3 aromatic rings. The molecule has 1 aliphatic rings. The largest absolute Gasteiger partial charge is 0.486 e. The molecule has 1 atom stereocenters. The van der Waals surface area contributed by atoms with E-state index in [-0.39, 0.29) is 12.9 Å². The van der Waals surface area contributed by atoms with Crippen molar-refractivity contribution in [1.29, 1.82) is 0 Å². The van der Waals surface area contributed by atoms with E-state index in [9.17, 15) is 0 Å². The van der Waals surface area contributed by atoms with E-state index in [1.807, 2.05) is 24.3 Å². The summed E-state index contributed by atoms with van der Waals surface area (Å²) < 4.78 is 21.6. The first-order valence-corrected chi connectivity index (χ1v) is 8.27. The van der Waals surface area contributed by atoms with Gasteiger partial charge in [0.15, 0.2) is 12.6 Å². The number of rotatable bonds is 6. The summed E-state index contributed by atoms with van der Waals surface area (Å²) in [4.78, 5) is 0. The van der Waals surface area contributed by atoms with Crippen LogP contribution in [0.5, 0.6) is 11.6 Å². The Kier molecular flexibility index (Phi) is 4.39. The van der Waals surface area contributed by atoms with Crippen molar-refractivity contribution in [3.8, 4) is 23.0 Å². The number of aryl methyl sites for hydroxylation is 1. The highest BCUT2D eigenvalue weighted by atomic mass is 16.7. The summed E-state index contributed by atoms with van der Waals surface area (Å²) in [5.41, 5.74) is 3.59. The molecule has 0 aliphatic heterocycles. The van der Waals surface area contributed by atoms with Crippen LogP contribution < -0.4 is 9.47 Å². The first kappa shape index (κ1) is 15.7. The topological polar surface area (TPSA) is 53.7 Å². The first-order chi connectivity index (χ1) is 12.3. The molecule has 0 N–H and O–H groups in total. The normalized spacial score (nSPS) is 15.8. The summed E-state index contributed by atoms with van der Waals surface area (Å²) in [6.45, 7) is 0.140.